The van der Waals surface area contributed by atoms with Crippen LogP contribution in [-0.4, -0.2) is 59.3 Å². The first-order valence-corrected chi connectivity index (χ1v) is 10.9. The van der Waals surface area contributed by atoms with E-state index in [2.05, 4.69) is 20.2 Å². The van der Waals surface area contributed by atoms with Crippen LogP contribution in [0.3, 0.4) is 0 Å². The van der Waals surface area contributed by atoms with E-state index in [0.29, 0.717) is 48.4 Å². The minimum Gasteiger partial charge on any atom is -0.388 e. The van der Waals surface area contributed by atoms with Crippen LogP contribution in [0, 0.1) is 6.92 Å². The summed E-state index contributed by atoms with van der Waals surface area (Å²) in [7, 11) is 0. The van der Waals surface area contributed by atoms with E-state index in [-0.39, 0.29) is 18.0 Å². The van der Waals surface area contributed by atoms with E-state index in [4.69, 9.17) is 0 Å². The van der Waals surface area contributed by atoms with Crippen LogP contribution in [0.25, 0.3) is 22.4 Å². The molecule has 1 aliphatic heterocycles. The van der Waals surface area contributed by atoms with Crippen molar-refractivity contribution in [1.82, 2.24) is 29.6 Å². The second kappa shape index (κ2) is 8.25. The number of amides is 1. The molecule has 33 heavy (non-hydrogen) atoms. The maximum atomic E-state index is 13.3. The number of nitrogens with zero attached hydrogens (tertiary/aromatic N) is 5. The Morgan fingerprint density at radius 2 is 1.88 bits per heavy atom. The third kappa shape index (κ3) is 4.03. The summed E-state index contributed by atoms with van der Waals surface area (Å²) < 4.78 is 1.52. The van der Waals surface area contributed by atoms with Crippen molar-refractivity contribution in [2.24, 2.45) is 0 Å². The zero-order valence-corrected chi connectivity index (χ0v) is 18.2. The Balaban J connectivity index is 1.41. The highest BCUT2D eigenvalue weighted by Crippen LogP contribution is 2.27. The Kier molecular flexibility index (Phi) is 5.26. The molecule has 0 bridgehead atoms. The lowest BCUT2D eigenvalue weighted by atomic mass is 9.90. The van der Waals surface area contributed by atoms with Crippen molar-refractivity contribution in [3.05, 3.63) is 76.5 Å². The van der Waals surface area contributed by atoms with E-state index < -0.39 is 5.60 Å². The van der Waals surface area contributed by atoms with E-state index in [1.807, 2.05) is 43.3 Å². The van der Waals surface area contributed by atoms with Gasteiger partial charge in [0.1, 0.15) is 11.2 Å². The molecule has 0 atom stereocenters. The molecule has 3 aromatic heterocycles. The molecule has 9 heteroatoms. The Labute approximate surface area is 189 Å². The van der Waals surface area contributed by atoms with Crippen molar-refractivity contribution in [3.63, 3.8) is 0 Å². The van der Waals surface area contributed by atoms with Crippen molar-refractivity contribution >= 4 is 16.9 Å². The fourth-order valence-corrected chi connectivity index (χ4v) is 4.24. The highest BCUT2D eigenvalue weighted by Gasteiger charge is 2.36. The molecular formula is C24H24N6O3. The topological polar surface area (TPSA) is 117 Å². The van der Waals surface area contributed by atoms with Crippen LogP contribution >= 0.6 is 0 Å². The number of aryl methyl sites for hydroxylation is 1. The zero-order chi connectivity index (χ0) is 23.0. The molecule has 1 amide bonds. The number of piperidine rings is 1. The monoisotopic (exact) mass is 444 g/mol. The van der Waals surface area contributed by atoms with Gasteiger partial charge in [-0.25, -0.2) is 4.98 Å². The number of carbonyl (C=O) groups is 1. The van der Waals surface area contributed by atoms with E-state index >= 15 is 0 Å². The standard InChI is InChI=1S/C24H24N6O3/c1-16-7-8-18(13-25-16)22(31)29-11-9-24(33,10-12-29)15-30-21(17-5-3-2-4-6-17)27-20-19(23(30)32)14-26-28-20/h2-8,13-14,33H,9-12,15H2,1H3,(H,26,28). The number of carbonyl (C=O) groups excluding carboxylic acids is 1. The molecule has 0 aliphatic carbocycles. The van der Waals surface area contributed by atoms with Crippen LogP contribution in [0.4, 0.5) is 0 Å². The number of nitrogens with one attached hydrogen (secondary N) is 1. The number of aliphatic hydroxyl groups is 1. The van der Waals surface area contributed by atoms with Crippen LogP contribution in [0.2, 0.25) is 0 Å². The SMILES string of the molecule is Cc1ccc(C(=O)N2CCC(O)(Cn3c(-c4ccccc4)nc4[nH]ncc4c3=O)CC2)cn1. The normalized spacial score (nSPS) is 15.6. The molecule has 168 valence electrons. The number of hydrogen-bond acceptors (Lipinski definition) is 6. The second-order valence-corrected chi connectivity index (χ2v) is 8.53. The molecule has 1 saturated heterocycles. The minimum atomic E-state index is -1.14. The smallest absolute Gasteiger partial charge is 0.265 e. The molecule has 4 aromatic rings. The fourth-order valence-electron chi connectivity index (χ4n) is 4.24. The van der Waals surface area contributed by atoms with Crippen LogP contribution in [-0.2, 0) is 6.54 Å². The summed E-state index contributed by atoms with van der Waals surface area (Å²) in [6.07, 6.45) is 3.73. The van der Waals surface area contributed by atoms with Gasteiger partial charge in [0.2, 0.25) is 0 Å². The lowest BCUT2D eigenvalue weighted by Gasteiger charge is -2.38. The number of fused-ring (bicyclic) bond motifs is 1. The molecule has 4 heterocycles. The van der Waals surface area contributed by atoms with Gasteiger partial charge in [0.25, 0.3) is 11.5 Å². The van der Waals surface area contributed by atoms with Crippen LogP contribution in [0.1, 0.15) is 28.9 Å². The van der Waals surface area contributed by atoms with Gasteiger partial charge in [-0.3, -0.25) is 24.2 Å². The summed E-state index contributed by atoms with van der Waals surface area (Å²) in [4.78, 5) is 36.6. The molecule has 1 aliphatic rings. The fraction of sp³-hybridized carbons (Fsp3) is 0.292. The highest BCUT2D eigenvalue weighted by atomic mass is 16.3. The van der Waals surface area contributed by atoms with Crippen LogP contribution < -0.4 is 5.56 Å². The minimum absolute atomic E-state index is 0.0816. The molecule has 1 aromatic carbocycles. The van der Waals surface area contributed by atoms with Gasteiger partial charge in [0.05, 0.1) is 23.9 Å². The van der Waals surface area contributed by atoms with E-state index in [1.54, 1.807) is 17.2 Å². The predicted molar refractivity (Wildman–Crippen MR) is 123 cm³/mol. The molecule has 0 spiro atoms. The van der Waals surface area contributed by atoms with Crippen molar-refractivity contribution in [2.75, 3.05) is 13.1 Å². The van der Waals surface area contributed by atoms with E-state index in [0.717, 1.165) is 11.3 Å². The average molecular weight is 444 g/mol. The summed E-state index contributed by atoms with van der Waals surface area (Å²) in [6.45, 7) is 2.73. The molecule has 0 radical (unpaired) electrons. The van der Waals surface area contributed by atoms with Gasteiger partial charge >= 0.3 is 0 Å². The predicted octanol–water partition coefficient (Wildman–Crippen LogP) is 2.16. The van der Waals surface area contributed by atoms with Gasteiger partial charge in [-0.2, -0.15) is 5.10 Å². The Morgan fingerprint density at radius 3 is 2.58 bits per heavy atom. The number of pyridine rings is 1. The Bertz CT molecular complexity index is 1350. The number of H-pyrrole nitrogens is 1. The first kappa shape index (κ1) is 21.0. The summed E-state index contributed by atoms with van der Waals surface area (Å²) in [6, 6.07) is 13.0. The molecule has 0 saturated carbocycles. The van der Waals surface area contributed by atoms with E-state index in [9.17, 15) is 14.7 Å². The second-order valence-electron chi connectivity index (χ2n) is 8.53. The number of rotatable bonds is 4. The lowest BCUT2D eigenvalue weighted by Crippen LogP contribution is -2.50. The summed E-state index contributed by atoms with van der Waals surface area (Å²) in [5.74, 6) is 0.364. The maximum absolute atomic E-state index is 13.3. The van der Waals surface area contributed by atoms with Gasteiger partial charge in [-0.1, -0.05) is 30.3 Å². The van der Waals surface area contributed by atoms with Gasteiger partial charge in [0.15, 0.2) is 5.65 Å². The van der Waals surface area contributed by atoms with Gasteiger partial charge in [0, 0.05) is 30.5 Å². The molecule has 5 rings (SSSR count). The molecule has 9 nitrogen and oxygen atoms in total. The van der Waals surface area contributed by atoms with Crippen molar-refractivity contribution in [3.8, 4) is 11.4 Å². The van der Waals surface area contributed by atoms with Crippen molar-refractivity contribution < 1.29 is 9.90 Å². The van der Waals surface area contributed by atoms with Gasteiger partial charge in [-0.15, -0.1) is 0 Å². The summed E-state index contributed by atoms with van der Waals surface area (Å²) in [5, 5.41) is 18.5. The number of hydrogen-bond donors (Lipinski definition) is 2. The van der Waals surface area contributed by atoms with Crippen LogP contribution in [0.5, 0.6) is 0 Å². The Hall–Kier alpha value is -3.85. The third-order valence-electron chi connectivity index (χ3n) is 6.19. The van der Waals surface area contributed by atoms with Crippen molar-refractivity contribution in [1.29, 1.82) is 0 Å². The number of aromatic nitrogens is 5. The number of likely N-dealkylation sites (tertiary alicyclic amines) is 1. The first-order chi connectivity index (χ1) is 15.9. The quantitative estimate of drug-likeness (QED) is 0.498. The third-order valence-corrected chi connectivity index (χ3v) is 6.19. The average Bonchev–Trinajstić information content (AvgIpc) is 3.31. The zero-order valence-electron chi connectivity index (χ0n) is 18.2. The number of aromatic amines is 1. The van der Waals surface area contributed by atoms with E-state index in [1.165, 1.54) is 10.8 Å². The van der Waals surface area contributed by atoms with Gasteiger partial charge in [-0.05, 0) is 31.9 Å². The van der Waals surface area contributed by atoms with Crippen molar-refractivity contribution in [2.45, 2.75) is 31.9 Å². The van der Waals surface area contributed by atoms with Crippen LogP contribution in [0.15, 0.2) is 59.7 Å². The Morgan fingerprint density at radius 1 is 1.12 bits per heavy atom. The molecular weight excluding hydrogens is 420 g/mol. The lowest BCUT2D eigenvalue weighted by molar-refractivity contribution is -0.0296. The molecule has 1 fully saturated rings. The molecule has 0 unspecified atom stereocenters. The van der Waals surface area contributed by atoms with Gasteiger partial charge < -0.3 is 10.0 Å². The molecule has 2 N–H and O–H groups in total. The summed E-state index contributed by atoms with van der Waals surface area (Å²) >= 11 is 0. The highest BCUT2D eigenvalue weighted by molar-refractivity contribution is 5.94. The first-order valence-electron chi connectivity index (χ1n) is 10.9. The number of benzene rings is 1. The maximum Gasteiger partial charge on any atom is 0.265 e. The summed E-state index contributed by atoms with van der Waals surface area (Å²) in [5.41, 5.74) is 1.16. The largest absolute Gasteiger partial charge is 0.388 e.